The zero-order chi connectivity index (χ0) is 17.4. The maximum Gasteiger partial charge on any atom is 0.234 e. The van der Waals surface area contributed by atoms with E-state index in [9.17, 15) is 8.42 Å². The molecule has 1 aromatic rings. The van der Waals surface area contributed by atoms with Crippen LogP contribution in [0.2, 0.25) is 0 Å². The summed E-state index contributed by atoms with van der Waals surface area (Å²) < 4.78 is 36.7. The van der Waals surface area contributed by atoms with Gasteiger partial charge in [-0.2, -0.15) is 0 Å². The second-order valence-corrected chi connectivity index (χ2v) is 7.71. The lowest BCUT2D eigenvalue weighted by atomic mass is 10.2. The minimum Gasteiger partial charge on any atom is -0.382 e. The fraction of sp³-hybridized carbons (Fsp3) is 0.625. The number of rotatable bonds is 9. The summed E-state index contributed by atoms with van der Waals surface area (Å²) in [6.07, 6.45) is 0. The highest BCUT2D eigenvalue weighted by atomic mass is 32.2. The Balaban J connectivity index is 1.82. The fourth-order valence-electron chi connectivity index (χ4n) is 2.45. The number of hydrogen-bond donors (Lipinski definition) is 1. The highest BCUT2D eigenvalue weighted by molar-refractivity contribution is 7.92. The third-order valence-electron chi connectivity index (χ3n) is 3.94. The average Bonchev–Trinajstić information content (AvgIpc) is 2.56. The molecule has 0 bridgehead atoms. The lowest BCUT2D eigenvalue weighted by molar-refractivity contribution is 0.0785. The van der Waals surface area contributed by atoms with Crippen molar-refractivity contribution in [1.29, 1.82) is 0 Å². The molecule has 0 radical (unpaired) electrons. The molecular weight excluding hydrogens is 330 g/mol. The molecule has 0 atom stereocenters. The predicted octanol–water partition coefficient (Wildman–Crippen LogP) is 0.843. The van der Waals surface area contributed by atoms with Crippen molar-refractivity contribution in [2.45, 2.75) is 0 Å². The maximum atomic E-state index is 12.0. The third kappa shape index (κ3) is 6.27. The summed E-state index contributed by atoms with van der Waals surface area (Å²) in [7, 11) is 0.293. The molecule has 1 fully saturated rings. The Morgan fingerprint density at radius 1 is 1.04 bits per heavy atom. The SMILES string of the molecule is COCCOCCS(=O)(=O)Nc1ccc(N2CCN(C)CC2)cc1. The van der Waals surface area contributed by atoms with Crippen molar-refractivity contribution < 1.29 is 17.9 Å². The van der Waals surface area contributed by atoms with Crippen molar-refractivity contribution in [2.75, 3.05) is 75.5 Å². The number of likely N-dealkylation sites (N-methyl/N-ethyl adjacent to an activating group) is 1. The van der Waals surface area contributed by atoms with Crippen LogP contribution in [-0.4, -0.2) is 79.2 Å². The Labute approximate surface area is 144 Å². The van der Waals surface area contributed by atoms with Gasteiger partial charge in [0.15, 0.2) is 0 Å². The number of hydrogen-bond acceptors (Lipinski definition) is 6. The van der Waals surface area contributed by atoms with E-state index in [1.807, 2.05) is 12.1 Å². The average molecular weight is 357 g/mol. The molecule has 0 aliphatic carbocycles. The number of benzene rings is 1. The Hall–Kier alpha value is -1.35. The van der Waals surface area contributed by atoms with Crippen molar-refractivity contribution in [3.8, 4) is 0 Å². The molecule has 1 saturated heterocycles. The van der Waals surface area contributed by atoms with Crippen LogP contribution in [0.25, 0.3) is 0 Å². The number of nitrogens with zero attached hydrogens (tertiary/aromatic N) is 2. The highest BCUT2D eigenvalue weighted by Crippen LogP contribution is 2.20. The summed E-state index contributed by atoms with van der Waals surface area (Å²) in [6.45, 7) is 5.06. The second kappa shape index (κ2) is 9.22. The van der Waals surface area contributed by atoms with Gasteiger partial charge in [-0.25, -0.2) is 8.42 Å². The molecule has 2 rings (SSSR count). The van der Waals surface area contributed by atoms with E-state index in [4.69, 9.17) is 9.47 Å². The Bertz CT molecular complexity index is 584. The highest BCUT2D eigenvalue weighted by Gasteiger charge is 2.15. The molecule has 136 valence electrons. The molecular formula is C16H27N3O4S. The van der Waals surface area contributed by atoms with Gasteiger partial charge in [-0.05, 0) is 31.3 Å². The first-order chi connectivity index (χ1) is 11.5. The Morgan fingerprint density at radius 3 is 2.33 bits per heavy atom. The first kappa shape index (κ1) is 19.0. The zero-order valence-corrected chi connectivity index (χ0v) is 15.2. The number of piperazine rings is 1. The van der Waals surface area contributed by atoms with Gasteiger partial charge < -0.3 is 19.3 Å². The minimum atomic E-state index is -3.40. The van der Waals surface area contributed by atoms with Gasteiger partial charge in [-0.1, -0.05) is 0 Å². The van der Waals surface area contributed by atoms with Crippen LogP contribution in [-0.2, 0) is 19.5 Å². The quantitative estimate of drug-likeness (QED) is 0.661. The van der Waals surface area contributed by atoms with Gasteiger partial charge in [0.05, 0.1) is 25.6 Å². The molecule has 1 aliphatic rings. The van der Waals surface area contributed by atoms with Gasteiger partial charge >= 0.3 is 0 Å². The van der Waals surface area contributed by atoms with Crippen LogP contribution in [0.1, 0.15) is 0 Å². The van der Waals surface area contributed by atoms with E-state index in [0.29, 0.717) is 18.9 Å². The van der Waals surface area contributed by atoms with E-state index in [1.165, 1.54) is 0 Å². The number of methoxy groups -OCH3 is 1. The summed E-state index contributed by atoms with van der Waals surface area (Å²) in [6, 6.07) is 7.52. The van der Waals surface area contributed by atoms with Crippen LogP contribution >= 0.6 is 0 Å². The van der Waals surface area contributed by atoms with Crippen LogP contribution in [0.15, 0.2) is 24.3 Å². The van der Waals surface area contributed by atoms with E-state index < -0.39 is 10.0 Å². The number of nitrogens with one attached hydrogen (secondary N) is 1. The largest absolute Gasteiger partial charge is 0.382 e. The molecule has 7 nitrogen and oxygen atoms in total. The molecule has 1 N–H and O–H groups in total. The molecule has 0 saturated carbocycles. The van der Waals surface area contributed by atoms with E-state index in [1.54, 1.807) is 19.2 Å². The van der Waals surface area contributed by atoms with Crippen molar-refractivity contribution >= 4 is 21.4 Å². The van der Waals surface area contributed by atoms with Gasteiger partial charge in [-0.15, -0.1) is 0 Å². The van der Waals surface area contributed by atoms with Crippen LogP contribution in [0.5, 0.6) is 0 Å². The van der Waals surface area contributed by atoms with Gasteiger partial charge in [0.1, 0.15) is 0 Å². The Kier molecular flexibility index (Phi) is 7.29. The number of sulfonamides is 1. The molecule has 1 aromatic carbocycles. The topological polar surface area (TPSA) is 71.1 Å². The predicted molar refractivity (Wildman–Crippen MR) is 96.3 cm³/mol. The van der Waals surface area contributed by atoms with Gasteiger partial charge in [0.2, 0.25) is 10.0 Å². The molecule has 8 heteroatoms. The molecule has 0 unspecified atom stereocenters. The van der Waals surface area contributed by atoms with Gasteiger partial charge in [0.25, 0.3) is 0 Å². The molecule has 24 heavy (non-hydrogen) atoms. The smallest absolute Gasteiger partial charge is 0.234 e. The maximum absolute atomic E-state index is 12.0. The van der Waals surface area contributed by atoms with Crippen molar-refractivity contribution in [2.24, 2.45) is 0 Å². The van der Waals surface area contributed by atoms with Crippen molar-refractivity contribution in [3.05, 3.63) is 24.3 Å². The lowest BCUT2D eigenvalue weighted by Gasteiger charge is -2.34. The third-order valence-corrected chi connectivity index (χ3v) is 5.19. The number of anilines is 2. The Morgan fingerprint density at radius 2 is 1.71 bits per heavy atom. The molecule has 0 aromatic heterocycles. The summed E-state index contributed by atoms with van der Waals surface area (Å²) in [5.74, 6) is -0.0725. The standard InChI is InChI=1S/C16H27N3O4S/c1-18-7-9-19(10-8-18)16-5-3-15(4-6-16)17-24(20,21)14-13-23-12-11-22-2/h3-6,17H,7-14H2,1-2H3. The monoisotopic (exact) mass is 357 g/mol. The molecule has 1 aliphatic heterocycles. The van der Waals surface area contributed by atoms with E-state index in [-0.39, 0.29) is 12.4 Å². The van der Waals surface area contributed by atoms with E-state index >= 15 is 0 Å². The number of ether oxygens (including phenoxy) is 2. The van der Waals surface area contributed by atoms with E-state index in [2.05, 4.69) is 21.6 Å². The summed E-state index contributed by atoms with van der Waals surface area (Å²) in [4.78, 5) is 4.61. The molecule has 0 spiro atoms. The van der Waals surface area contributed by atoms with Crippen LogP contribution < -0.4 is 9.62 Å². The fourth-order valence-corrected chi connectivity index (χ4v) is 3.38. The van der Waals surface area contributed by atoms with E-state index in [0.717, 1.165) is 31.9 Å². The van der Waals surface area contributed by atoms with Crippen molar-refractivity contribution in [3.63, 3.8) is 0 Å². The summed E-state index contributed by atoms with van der Waals surface area (Å²) >= 11 is 0. The first-order valence-corrected chi connectivity index (χ1v) is 9.76. The minimum absolute atomic E-state index is 0.0725. The molecule has 0 amide bonds. The molecule has 1 heterocycles. The van der Waals surface area contributed by atoms with Crippen LogP contribution in [0.4, 0.5) is 11.4 Å². The second-order valence-electron chi connectivity index (χ2n) is 5.86. The first-order valence-electron chi connectivity index (χ1n) is 8.11. The van der Waals surface area contributed by atoms with Crippen LogP contribution in [0.3, 0.4) is 0 Å². The summed E-state index contributed by atoms with van der Waals surface area (Å²) in [5.41, 5.74) is 1.69. The van der Waals surface area contributed by atoms with Crippen LogP contribution in [0, 0.1) is 0 Å². The normalized spacial score (nSPS) is 16.3. The van der Waals surface area contributed by atoms with Crippen molar-refractivity contribution in [1.82, 2.24) is 4.90 Å². The van der Waals surface area contributed by atoms with Gasteiger partial charge in [0, 0.05) is 44.7 Å². The zero-order valence-electron chi connectivity index (χ0n) is 14.4. The summed E-state index contributed by atoms with van der Waals surface area (Å²) in [5, 5.41) is 0. The lowest BCUT2D eigenvalue weighted by Crippen LogP contribution is -2.44. The van der Waals surface area contributed by atoms with Gasteiger partial charge in [-0.3, -0.25) is 4.72 Å².